The van der Waals surface area contributed by atoms with Crippen molar-refractivity contribution < 1.29 is 14.3 Å². The van der Waals surface area contributed by atoms with Crippen molar-refractivity contribution in [3.8, 4) is 11.1 Å². The van der Waals surface area contributed by atoms with Crippen molar-refractivity contribution >= 4 is 5.91 Å². The maximum atomic E-state index is 13.4. The Morgan fingerprint density at radius 3 is 2.20 bits per heavy atom. The molecule has 2 aromatic carbocycles. The van der Waals surface area contributed by atoms with Gasteiger partial charge in [-0.1, -0.05) is 109 Å². The van der Waals surface area contributed by atoms with Gasteiger partial charge in [0.2, 0.25) is 0 Å². The first-order chi connectivity index (χ1) is 19.8. The number of hydrogen-bond acceptors (Lipinski definition) is 3. The molecular formula is C36H53FN2O2. The van der Waals surface area contributed by atoms with Gasteiger partial charge in [0.25, 0.3) is 5.91 Å². The van der Waals surface area contributed by atoms with E-state index in [1.165, 1.54) is 37.8 Å². The second kappa shape index (κ2) is 19.2. The summed E-state index contributed by atoms with van der Waals surface area (Å²) in [4.78, 5) is 17.4. The molecule has 0 radical (unpaired) electrons. The fourth-order valence-electron chi connectivity index (χ4n) is 5.01. The van der Waals surface area contributed by atoms with Crippen molar-refractivity contribution in [2.75, 3.05) is 13.1 Å². The molecule has 1 N–H and O–H groups in total. The van der Waals surface area contributed by atoms with Crippen molar-refractivity contribution in [3.05, 3.63) is 84.5 Å². The first kappa shape index (κ1) is 34.3. The van der Waals surface area contributed by atoms with Crippen LogP contribution in [0.25, 0.3) is 11.1 Å². The predicted octanol–water partition coefficient (Wildman–Crippen LogP) is 9.11. The van der Waals surface area contributed by atoms with Crippen LogP contribution in [0.15, 0.2) is 73.1 Å². The summed E-state index contributed by atoms with van der Waals surface area (Å²) in [6.45, 7) is 14.8. The van der Waals surface area contributed by atoms with Crippen LogP contribution in [0.5, 0.6) is 0 Å². The molecule has 226 valence electrons. The van der Waals surface area contributed by atoms with Crippen LogP contribution in [0.1, 0.15) is 97.5 Å². The van der Waals surface area contributed by atoms with Gasteiger partial charge in [-0.15, -0.1) is 0 Å². The topological polar surface area (TPSA) is 43.8 Å². The highest BCUT2D eigenvalue weighted by Gasteiger charge is 2.25. The molecule has 4 nitrogen and oxygen atoms in total. The highest BCUT2D eigenvalue weighted by atomic mass is 19.1. The Morgan fingerprint density at radius 1 is 1.02 bits per heavy atom. The first-order valence-corrected chi connectivity index (χ1v) is 15.7. The van der Waals surface area contributed by atoms with E-state index in [1.807, 2.05) is 34.1 Å². The van der Waals surface area contributed by atoms with Gasteiger partial charge in [0.15, 0.2) is 0 Å². The smallest absolute Gasteiger partial charge is 0.270 e. The van der Waals surface area contributed by atoms with E-state index in [0.29, 0.717) is 18.2 Å². The largest absolute Gasteiger partial charge is 0.393 e. The Bertz CT molecular complexity index is 1050. The molecule has 1 fully saturated rings. The zero-order valence-electron chi connectivity index (χ0n) is 26.0. The molecule has 2 aromatic rings. The van der Waals surface area contributed by atoms with Crippen LogP contribution >= 0.6 is 0 Å². The number of hydrogen-bond donors (Lipinski definition) is 1. The van der Waals surface area contributed by atoms with Gasteiger partial charge in [-0.2, -0.15) is 0 Å². The van der Waals surface area contributed by atoms with Gasteiger partial charge in [-0.05, 0) is 73.0 Å². The Balaban J connectivity index is 0.000000503. The van der Waals surface area contributed by atoms with E-state index in [2.05, 4.69) is 40.3 Å². The highest BCUT2D eigenvalue weighted by Crippen LogP contribution is 2.27. The number of nitrogens with zero attached hydrogens (tertiary/aromatic N) is 2. The zero-order valence-corrected chi connectivity index (χ0v) is 26.0. The Labute approximate surface area is 249 Å². The molecule has 1 amide bonds. The molecule has 3 rings (SSSR count). The lowest BCUT2D eigenvalue weighted by Crippen LogP contribution is -2.41. The van der Waals surface area contributed by atoms with Crippen LogP contribution in [-0.4, -0.2) is 40.0 Å². The van der Waals surface area contributed by atoms with Crippen molar-refractivity contribution in [1.82, 2.24) is 9.80 Å². The summed E-state index contributed by atoms with van der Waals surface area (Å²) in [5.74, 6) is 0.505. The third-order valence-electron chi connectivity index (χ3n) is 7.74. The van der Waals surface area contributed by atoms with Crippen molar-refractivity contribution in [2.45, 2.75) is 105 Å². The number of rotatable bonds is 14. The Kier molecular flexibility index (Phi) is 16.1. The third-order valence-corrected chi connectivity index (χ3v) is 7.74. The number of carbonyl (C=O) groups excluding carboxylic acids is 1. The molecule has 0 unspecified atom stereocenters. The number of likely N-dealkylation sites (tertiary alicyclic amines) is 1. The van der Waals surface area contributed by atoms with E-state index in [4.69, 9.17) is 0 Å². The molecule has 1 aliphatic rings. The molecule has 0 aromatic heterocycles. The molecule has 0 atom stereocenters. The zero-order chi connectivity index (χ0) is 30.0. The van der Waals surface area contributed by atoms with Gasteiger partial charge in [-0.3, -0.25) is 4.79 Å². The average molecular weight is 565 g/mol. The van der Waals surface area contributed by atoms with E-state index >= 15 is 0 Å². The molecule has 0 bridgehead atoms. The van der Waals surface area contributed by atoms with Crippen molar-refractivity contribution in [3.63, 3.8) is 0 Å². The molecule has 1 saturated heterocycles. The summed E-state index contributed by atoms with van der Waals surface area (Å²) in [7, 11) is 0. The maximum absolute atomic E-state index is 13.4. The summed E-state index contributed by atoms with van der Waals surface area (Å²) in [6, 6.07) is 14.6. The van der Waals surface area contributed by atoms with Gasteiger partial charge in [0, 0.05) is 19.6 Å². The number of aliphatic hydroxyl groups is 1. The quantitative estimate of drug-likeness (QED) is 0.233. The minimum Gasteiger partial charge on any atom is -0.393 e. The molecule has 1 heterocycles. The molecule has 41 heavy (non-hydrogen) atoms. The van der Waals surface area contributed by atoms with Gasteiger partial charge in [-0.25, -0.2) is 4.39 Å². The summed E-state index contributed by atoms with van der Waals surface area (Å²) in [5.41, 5.74) is 3.75. The number of amides is 1. The van der Waals surface area contributed by atoms with E-state index in [9.17, 15) is 14.3 Å². The van der Waals surface area contributed by atoms with E-state index in [1.54, 1.807) is 18.3 Å². The molecule has 0 saturated carbocycles. The highest BCUT2D eigenvalue weighted by molar-refractivity contribution is 5.93. The number of benzene rings is 2. The first-order valence-electron chi connectivity index (χ1n) is 15.7. The fourth-order valence-corrected chi connectivity index (χ4v) is 5.01. The summed E-state index contributed by atoms with van der Waals surface area (Å²) >= 11 is 0. The Morgan fingerprint density at radius 2 is 1.63 bits per heavy atom. The van der Waals surface area contributed by atoms with Crippen LogP contribution in [0, 0.1) is 11.7 Å². The number of halogens is 1. The summed E-state index contributed by atoms with van der Waals surface area (Å²) in [6.07, 6.45) is 14.4. The number of unbranched alkanes of at least 4 members (excludes halogenated alkanes) is 3. The summed E-state index contributed by atoms with van der Waals surface area (Å²) < 4.78 is 13.4. The van der Waals surface area contributed by atoms with Crippen molar-refractivity contribution in [1.29, 1.82) is 0 Å². The number of aliphatic hydroxyl groups excluding tert-OH is 1. The van der Waals surface area contributed by atoms with Gasteiger partial charge >= 0.3 is 0 Å². The van der Waals surface area contributed by atoms with Gasteiger partial charge in [0.05, 0.1) is 6.10 Å². The van der Waals surface area contributed by atoms with Crippen LogP contribution in [-0.2, 0) is 11.3 Å². The van der Waals surface area contributed by atoms with Gasteiger partial charge in [0.1, 0.15) is 11.5 Å². The minimum absolute atomic E-state index is 0.0279. The van der Waals surface area contributed by atoms with Crippen LogP contribution < -0.4 is 0 Å². The van der Waals surface area contributed by atoms with Crippen molar-refractivity contribution in [2.24, 2.45) is 5.92 Å². The molecular weight excluding hydrogens is 511 g/mol. The maximum Gasteiger partial charge on any atom is 0.270 e. The molecule has 0 spiro atoms. The monoisotopic (exact) mass is 564 g/mol. The average Bonchev–Trinajstić information content (AvgIpc) is 2.99. The number of allylic oxidation sites excluding steroid dienone is 1. The minimum atomic E-state index is -0.250. The second-order valence-corrected chi connectivity index (χ2v) is 11.3. The normalized spacial score (nSPS) is 14.0. The second-order valence-electron chi connectivity index (χ2n) is 11.3. The fraction of sp³-hybridized carbons (Fsp3) is 0.528. The van der Waals surface area contributed by atoms with Crippen LogP contribution in [0.4, 0.5) is 4.39 Å². The molecule has 1 aliphatic heterocycles. The van der Waals surface area contributed by atoms with Crippen LogP contribution in [0.3, 0.4) is 0 Å². The standard InChI is InChI=1S/C27H33FN2O.C9H20O/c1-4-6-11-26(27(31)30-18-16-21(3)17-19-30)29(5-2)20-23-9-7-8-10-25(23)22-12-14-24(28)15-13-22;1-3-5-7-9(10)8-6-4-2/h5,7-15,21H,2,4,6,16-20H2,1,3H3;9-10H,3-8H2,1-2H3/b26-11-;. The number of carbonyl (C=O) groups is 1. The lowest BCUT2D eigenvalue weighted by atomic mass is 9.98. The SMILES string of the molecule is C=CN(Cc1ccccc1-c1ccc(F)cc1)/C(=C\CCC)C(=O)N1CCC(C)CC1.CCCCC(O)CCCC. The van der Waals surface area contributed by atoms with Crippen LogP contribution in [0.2, 0.25) is 0 Å². The summed E-state index contributed by atoms with van der Waals surface area (Å²) in [5, 5.41) is 9.31. The lowest BCUT2D eigenvalue weighted by molar-refractivity contribution is -0.129. The van der Waals surface area contributed by atoms with E-state index in [0.717, 1.165) is 68.3 Å². The third kappa shape index (κ3) is 11.8. The molecule has 0 aliphatic carbocycles. The number of piperidine rings is 1. The predicted molar refractivity (Wildman–Crippen MR) is 171 cm³/mol. The van der Waals surface area contributed by atoms with Gasteiger partial charge < -0.3 is 14.9 Å². The van der Waals surface area contributed by atoms with E-state index < -0.39 is 0 Å². The lowest BCUT2D eigenvalue weighted by Gasteiger charge is -2.33. The van der Waals surface area contributed by atoms with E-state index in [-0.39, 0.29) is 17.8 Å². The molecule has 5 heteroatoms. The Hall–Kier alpha value is -2.92.